The first kappa shape index (κ1) is 13.3. The third-order valence-electron chi connectivity index (χ3n) is 3.72. The summed E-state index contributed by atoms with van der Waals surface area (Å²) < 4.78 is 25.8. The summed E-state index contributed by atoms with van der Waals surface area (Å²) in [5.74, 6) is -3.83. The van der Waals surface area contributed by atoms with E-state index in [0.717, 1.165) is 6.07 Å². The molecule has 2 N–H and O–H groups in total. The van der Waals surface area contributed by atoms with Gasteiger partial charge < -0.3 is 15.2 Å². The smallest absolute Gasteiger partial charge is 0.336 e. The lowest BCUT2D eigenvalue weighted by Gasteiger charge is -2.29. The minimum Gasteiger partial charge on any atom is -0.478 e. The molecule has 8 heteroatoms. The fourth-order valence-electron chi connectivity index (χ4n) is 2.75. The number of methoxy groups -OCH3 is 1. The van der Waals surface area contributed by atoms with Crippen molar-refractivity contribution in [3.63, 3.8) is 0 Å². The van der Waals surface area contributed by atoms with E-state index in [4.69, 9.17) is 4.11 Å². The number of hydrogen-bond acceptors (Lipinski definition) is 6. The maximum atomic E-state index is 12.5. The van der Waals surface area contributed by atoms with Crippen LogP contribution in [0.3, 0.4) is 0 Å². The lowest BCUT2D eigenvalue weighted by atomic mass is 9.80. The SMILES string of the molecule is [2H]C([2H])([2H])OC(=O)C1=C(C)NC(C)=C(C(=O)O)C1c1cccc([N+](=O)[O-])c1. The Morgan fingerprint density at radius 1 is 1.33 bits per heavy atom. The molecule has 1 unspecified atom stereocenters. The number of dihydropyridines is 1. The summed E-state index contributed by atoms with van der Waals surface area (Å²) in [7, 11) is -3.03. The molecule has 0 fully saturated rings. The van der Waals surface area contributed by atoms with Crippen LogP contribution in [0.4, 0.5) is 5.69 Å². The molecule has 8 nitrogen and oxygen atoms in total. The predicted octanol–water partition coefficient (Wildman–Crippen LogP) is 2.09. The van der Waals surface area contributed by atoms with Crippen molar-refractivity contribution in [3.05, 3.63) is 62.5 Å². The molecule has 0 saturated carbocycles. The topological polar surface area (TPSA) is 119 Å². The van der Waals surface area contributed by atoms with Crippen molar-refractivity contribution < 1.29 is 28.5 Å². The van der Waals surface area contributed by atoms with Gasteiger partial charge in [0, 0.05) is 23.5 Å². The van der Waals surface area contributed by atoms with Crippen LogP contribution < -0.4 is 5.32 Å². The molecule has 24 heavy (non-hydrogen) atoms. The molecule has 0 aromatic heterocycles. The number of non-ortho nitro benzene ring substituents is 1. The number of esters is 1. The van der Waals surface area contributed by atoms with Crippen LogP contribution in [0.2, 0.25) is 0 Å². The Labute approximate surface area is 141 Å². The molecular weight excluding hydrogens is 316 g/mol. The van der Waals surface area contributed by atoms with Gasteiger partial charge in [-0.2, -0.15) is 0 Å². The molecule has 0 saturated heterocycles. The molecule has 1 atom stereocenters. The van der Waals surface area contributed by atoms with Gasteiger partial charge in [-0.05, 0) is 19.4 Å². The summed E-state index contributed by atoms with van der Waals surface area (Å²) in [6, 6.07) is 5.14. The van der Waals surface area contributed by atoms with Crippen molar-refractivity contribution in [2.75, 3.05) is 7.04 Å². The van der Waals surface area contributed by atoms with Gasteiger partial charge in [0.05, 0.1) is 33.1 Å². The highest BCUT2D eigenvalue weighted by Crippen LogP contribution is 2.39. The fraction of sp³-hybridized carbons (Fsp3) is 0.250. The highest BCUT2D eigenvalue weighted by molar-refractivity contribution is 5.99. The Bertz CT molecular complexity index is 888. The maximum absolute atomic E-state index is 12.5. The fourth-order valence-corrected chi connectivity index (χ4v) is 2.75. The number of carbonyl (C=O) groups excluding carboxylic acids is 1. The van der Waals surface area contributed by atoms with E-state index in [0.29, 0.717) is 0 Å². The van der Waals surface area contributed by atoms with Gasteiger partial charge in [-0.15, -0.1) is 0 Å². The summed E-state index contributed by atoms with van der Waals surface area (Å²) in [5, 5.41) is 23.4. The van der Waals surface area contributed by atoms with Crippen molar-refractivity contribution >= 4 is 17.6 Å². The van der Waals surface area contributed by atoms with Crippen LogP contribution in [0.5, 0.6) is 0 Å². The van der Waals surface area contributed by atoms with Crippen molar-refractivity contribution in [1.29, 1.82) is 0 Å². The second-order valence-corrected chi connectivity index (χ2v) is 5.18. The maximum Gasteiger partial charge on any atom is 0.336 e. The standard InChI is InChI=1S/C16H16N2O6/c1-8-12(15(19)20)14(13(9(2)17-8)16(21)24-3)10-5-4-6-11(7-10)18(22)23/h4-7,14,17H,1-3H3,(H,19,20)/i3D3. The number of hydrogen-bond donors (Lipinski definition) is 2. The Morgan fingerprint density at radius 3 is 2.58 bits per heavy atom. The zero-order valence-corrected chi connectivity index (χ0v) is 12.8. The Hall–Kier alpha value is -3.16. The molecule has 126 valence electrons. The summed E-state index contributed by atoms with van der Waals surface area (Å²) in [6.45, 7) is 2.94. The number of nitrogens with one attached hydrogen (secondary N) is 1. The van der Waals surface area contributed by atoms with E-state index in [1.807, 2.05) is 0 Å². The van der Waals surface area contributed by atoms with Crippen LogP contribution in [0.25, 0.3) is 0 Å². The summed E-state index contributed by atoms with van der Waals surface area (Å²) >= 11 is 0. The first-order valence-corrected chi connectivity index (χ1v) is 6.82. The molecule has 0 spiro atoms. The van der Waals surface area contributed by atoms with Gasteiger partial charge in [-0.3, -0.25) is 10.1 Å². The number of carboxylic acids is 1. The van der Waals surface area contributed by atoms with Gasteiger partial charge >= 0.3 is 11.9 Å². The number of benzene rings is 1. The second kappa shape index (κ2) is 6.53. The Balaban J connectivity index is 2.68. The normalized spacial score (nSPS) is 19.8. The van der Waals surface area contributed by atoms with Gasteiger partial charge in [-0.25, -0.2) is 9.59 Å². The molecule has 1 heterocycles. The number of carbonyl (C=O) groups is 2. The highest BCUT2D eigenvalue weighted by Gasteiger charge is 2.37. The van der Waals surface area contributed by atoms with E-state index >= 15 is 0 Å². The van der Waals surface area contributed by atoms with Crippen LogP contribution in [-0.2, 0) is 14.3 Å². The van der Waals surface area contributed by atoms with Crippen LogP contribution in [0, 0.1) is 10.1 Å². The zero-order valence-electron chi connectivity index (χ0n) is 15.8. The zero-order chi connectivity index (χ0) is 20.5. The Kier molecular flexibility index (Phi) is 3.62. The number of nitrogens with zero attached hydrogens (tertiary/aromatic N) is 1. The van der Waals surface area contributed by atoms with Crippen LogP contribution in [0.15, 0.2) is 46.8 Å². The van der Waals surface area contributed by atoms with Gasteiger partial charge in [0.2, 0.25) is 0 Å². The molecule has 0 bridgehead atoms. The monoisotopic (exact) mass is 335 g/mol. The first-order chi connectivity index (χ1) is 12.4. The molecule has 0 amide bonds. The minimum atomic E-state index is -3.03. The summed E-state index contributed by atoms with van der Waals surface area (Å²) in [6.07, 6.45) is 0. The van der Waals surface area contributed by atoms with E-state index in [1.54, 1.807) is 0 Å². The van der Waals surface area contributed by atoms with Gasteiger partial charge in [0.25, 0.3) is 5.69 Å². The quantitative estimate of drug-likeness (QED) is 0.491. The van der Waals surface area contributed by atoms with E-state index in [9.17, 15) is 24.8 Å². The van der Waals surface area contributed by atoms with Crippen LogP contribution in [-0.4, -0.2) is 29.0 Å². The summed E-state index contributed by atoms with van der Waals surface area (Å²) in [4.78, 5) is 34.7. The van der Waals surface area contributed by atoms with Crippen molar-refractivity contribution in [1.82, 2.24) is 5.32 Å². The number of aliphatic carboxylic acids is 1. The lowest BCUT2D eigenvalue weighted by molar-refractivity contribution is -0.384. The van der Waals surface area contributed by atoms with Gasteiger partial charge in [0.15, 0.2) is 0 Å². The third kappa shape index (κ3) is 2.98. The average Bonchev–Trinajstić information content (AvgIpc) is 2.51. The van der Waals surface area contributed by atoms with Crippen LogP contribution in [0.1, 0.15) is 29.4 Å². The van der Waals surface area contributed by atoms with E-state index in [1.165, 1.54) is 32.0 Å². The molecule has 0 radical (unpaired) electrons. The van der Waals surface area contributed by atoms with Gasteiger partial charge in [-0.1, -0.05) is 12.1 Å². The molecule has 0 aliphatic carbocycles. The van der Waals surface area contributed by atoms with Crippen molar-refractivity contribution in [3.8, 4) is 0 Å². The van der Waals surface area contributed by atoms with Gasteiger partial charge in [0.1, 0.15) is 0 Å². The molecule has 1 aliphatic heterocycles. The number of rotatable bonds is 4. The number of carboxylic acid groups (broad SMARTS) is 1. The predicted molar refractivity (Wildman–Crippen MR) is 84.0 cm³/mol. The number of allylic oxidation sites excluding steroid dienone is 2. The molecular formula is C16H16N2O6. The lowest BCUT2D eigenvalue weighted by Crippen LogP contribution is -2.31. The first-order valence-electron chi connectivity index (χ1n) is 8.32. The van der Waals surface area contributed by atoms with Crippen molar-refractivity contribution in [2.24, 2.45) is 0 Å². The number of nitro benzene ring substituents is 1. The van der Waals surface area contributed by atoms with E-state index in [2.05, 4.69) is 10.1 Å². The second-order valence-electron chi connectivity index (χ2n) is 5.18. The minimum absolute atomic E-state index is 0.152. The van der Waals surface area contributed by atoms with Crippen molar-refractivity contribution in [2.45, 2.75) is 19.8 Å². The molecule has 1 aliphatic rings. The molecule has 1 aromatic carbocycles. The molecule has 1 aromatic rings. The number of ether oxygens (including phenoxy) is 1. The number of nitro groups is 1. The highest BCUT2D eigenvalue weighted by atomic mass is 16.6. The van der Waals surface area contributed by atoms with E-state index < -0.39 is 29.8 Å². The third-order valence-corrected chi connectivity index (χ3v) is 3.72. The summed E-state index contributed by atoms with van der Waals surface area (Å²) in [5.41, 5.74) is -0.202. The van der Waals surface area contributed by atoms with E-state index in [-0.39, 0.29) is 33.8 Å². The van der Waals surface area contributed by atoms with Crippen LogP contribution >= 0.6 is 0 Å². The average molecular weight is 335 g/mol. The largest absolute Gasteiger partial charge is 0.478 e. The molecule has 2 rings (SSSR count). The Morgan fingerprint density at radius 2 is 2.00 bits per heavy atom.